The summed E-state index contributed by atoms with van der Waals surface area (Å²) in [6.45, 7) is 7.89. The molecule has 1 heterocycles. The van der Waals surface area contributed by atoms with E-state index in [0.29, 0.717) is 10.8 Å². The standard InChI is InChI=1S/C15H26N2O2S2/c1-4-7-16-10-14-9-15(12(3)20-14)21(18,19)17-13-6-5-11(2)8-13/h9,11,13,16-17H,4-8,10H2,1-3H3. The topological polar surface area (TPSA) is 58.2 Å². The van der Waals surface area contributed by atoms with Crippen molar-refractivity contribution in [2.24, 2.45) is 5.92 Å². The van der Waals surface area contributed by atoms with Crippen LogP contribution in [-0.4, -0.2) is 21.0 Å². The highest BCUT2D eigenvalue weighted by Crippen LogP contribution is 2.29. The first-order valence-electron chi connectivity index (χ1n) is 7.74. The van der Waals surface area contributed by atoms with E-state index < -0.39 is 10.0 Å². The fourth-order valence-corrected chi connectivity index (χ4v) is 5.75. The first-order valence-corrected chi connectivity index (χ1v) is 10.0. The summed E-state index contributed by atoms with van der Waals surface area (Å²) in [6.07, 6.45) is 4.10. The fourth-order valence-electron chi connectivity index (χ4n) is 2.86. The van der Waals surface area contributed by atoms with Crippen LogP contribution in [0.4, 0.5) is 0 Å². The molecule has 0 bridgehead atoms. The smallest absolute Gasteiger partial charge is 0.241 e. The molecule has 1 aromatic heterocycles. The Bertz CT molecular complexity index is 566. The van der Waals surface area contributed by atoms with Gasteiger partial charge in [0.2, 0.25) is 10.0 Å². The molecule has 2 N–H and O–H groups in total. The lowest BCUT2D eigenvalue weighted by atomic mass is 10.1. The van der Waals surface area contributed by atoms with Crippen molar-refractivity contribution in [2.45, 2.75) is 63.9 Å². The summed E-state index contributed by atoms with van der Waals surface area (Å²) in [6, 6.07) is 1.93. The van der Waals surface area contributed by atoms with Gasteiger partial charge in [-0.15, -0.1) is 11.3 Å². The van der Waals surface area contributed by atoms with Gasteiger partial charge >= 0.3 is 0 Å². The molecule has 0 spiro atoms. The SMILES string of the molecule is CCCNCc1cc(S(=O)(=O)NC2CCC(C)C2)c(C)s1. The van der Waals surface area contributed by atoms with Gasteiger partial charge in [-0.05, 0) is 51.1 Å². The van der Waals surface area contributed by atoms with Gasteiger partial charge in [-0.3, -0.25) is 0 Å². The highest BCUT2D eigenvalue weighted by atomic mass is 32.2. The van der Waals surface area contributed by atoms with Crippen molar-refractivity contribution in [3.63, 3.8) is 0 Å². The lowest BCUT2D eigenvalue weighted by Crippen LogP contribution is -2.33. The third-order valence-electron chi connectivity index (χ3n) is 3.96. The number of hydrogen-bond donors (Lipinski definition) is 2. The molecule has 0 saturated heterocycles. The number of hydrogen-bond acceptors (Lipinski definition) is 4. The maximum Gasteiger partial charge on any atom is 0.241 e. The Morgan fingerprint density at radius 2 is 2.14 bits per heavy atom. The molecular formula is C15H26N2O2S2. The summed E-state index contributed by atoms with van der Waals surface area (Å²) < 4.78 is 28.0. The molecule has 1 fully saturated rings. The lowest BCUT2D eigenvalue weighted by molar-refractivity contribution is 0.538. The van der Waals surface area contributed by atoms with Gasteiger partial charge in [0, 0.05) is 22.3 Å². The van der Waals surface area contributed by atoms with E-state index in [-0.39, 0.29) is 6.04 Å². The van der Waals surface area contributed by atoms with Gasteiger partial charge in [0.25, 0.3) is 0 Å². The van der Waals surface area contributed by atoms with Crippen molar-refractivity contribution in [3.8, 4) is 0 Å². The van der Waals surface area contributed by atoms with E-state index in [9.17, 15) is 8.42 Å². The van der Waals surface area contributed by atoms with Crippen LogP contribution in [0.2, 0.25) is 0 Å². The second kappa shape index (κ2) is 7.22. The normalized spacial score (nSPS) is 22.8. The maximum absolute atomic E-state index is 12.5. The number of nitrogens with one attached hydrogen (secondary N) is 2. The molecule has 6 heteroatoms. The molecule has 0 aromatic carbocycles. The average molecular weight is 331 g/mol. The summed E-state index contributed by atoms with van der Waals surface area (Å²) in [5.74, 6) is 0.620. The fraction of sp³-hybridized carbons (Fsp3) is 0.733. The van der Waals surface area contributed by atoms with Gasteiger partial charge < -0.3 is 5.32 Å². The van der Waals surface area contributed by atoms with Crippen molar-refractivity contribution < 1.29 is 8.42 Å². The Hall–Kier alpha value is -0.430. The minimum Gasteiger partial charge on any atom is -0.312 e. The van der Waals surface area contributed by atoms with E-state index in [1.54, 1.807) is 11.3 Å². The third-order valence-corrected chi connectivity index (χ3v) is 6.78. The minimum absolute atomic E-state index is 0.103. The number of sulfonamides is 1. The van der Waals surface area contributed by atoms with Crippen LogP contribution in [0.1, 0.15) is 49.3 Å². The summed E-state index contributed by atoms with van der Waals surface area (Å²) in [4.78, 5) is 2.42. The van der Waals surface area contributed by atoms with Crippen molar-refractivity contribution in [2.75, 3.05) is 6.54 Å². The molecule has 120 valence electrons. The molecule has 2 unspecified atom stereocenters. The Morgan fingerprint density at radius 1 is 1.38 bits per heavy atom. The van der Waals surface area contributed by atoms with E-state index in [2.05, 4.69) is 23.9 Å². The molecule has 21 heavy (non-hydrogen) atoms. The second-order valence-corrected chi connectivity index (χ2v) is 9.07. The molecule has 1 aliphatic carbocycles. The van der Waals surface area contributed by atoms with Gasteiger partial charge in [0.1, 0.15) is 0 Å². The Kier molecular flexibility index (Phi) is 5.82. The maximum atomic E-state index is 12.5. The molecule has 1 aromatic rings. The van der Waals surface area contributed by atoms with Crippen LogP contribution in [0.25, 0.3) is 0 Å². The molecule has 2 atom stereocenters. The number of aryl methyl sites for hydroxylation is 1. The van der Waals surface area contributed by atoms with E-state index in [1.165, 1.54) is 0 Å². The summed E-state index contributed by atoms with van der Waals surface area (Å²) >= 11 is 1.57. The highest BCUT2D eigenvalue weighted by Gasteiger charge is 2.28. The van der Waals surface area contributed by atoms with E-state index in [1.807, 2.05) is 13.0 Å². The van der Waals surface area contributed by atoms with Crippen molar-refractivity contribution in [1.82, 2.24) is 10.0 Å². The highest BCUT2D eigenvalue weighted by molar-refractivity contribution is 7.89. The Morgan fingerprint density at radius 3 is 2.76 bits per heavy atom. The Balaban J connectivity index is 2.05. The average Bonchev–Trinajstić information content (AvgIpc) is 2.96. The van der Waals surface area contributed by atoms with Crippen LogP contribution in [0, 0.1) is 12.8 Å². The van der Waals surface area contributed by atoms with Crippen LogP contribution in [-0.2, 0) is 16.6 Å². The van der Waals surface area contributed by atoms with E-state index in [4.69, 9.17) is 0 Å². The molecule has 0 radical (unpaired) electrons. The first kappa shape index (κ1) is 16.9. The molecular weight excluding hydrogens is 304 g/mol. The zero-order valence-corrected chi connectivity index (χ0v) is 14.7. The monoisotopic (exact) mass is 330 g/mol. The van der Waals surface area contributed by atoms with Crippen LogP contribution >= 0.6 is 11.3 Å². The van der Waals surface area contributed by atoms with Crippen molar-refractivity contribution >= 4 is 21.4 Å². The number of rotatable bonds is 7. The molecule has 1 aliphatic rings. The van der Waals surface area contributed by atoms with Crippen LogP contribution in [0.5, 0.6) is 0 Å². The predicted molar refractivity (Wildman–Crippen MR) is 88.2 cm³/mol. The van der Waals surface area contributed by atoms with Gasteiger partial charge in [-0.25, -0.2) is 13.1 Å². The third kappa shape index (κ3) is 4.52. The van der Waals surface area contributed by atoms with Gasteiger partial charge in [0.05, 0.1) is 4.90 Å². The molecule has 4 nitrogen and oxygen atoms in total. The number of thiophene rings is 1. The quantitative estimate of drug-likeness (QED) is 0.756. The van der Waals surface area contributed by atoms with Crippen molar-refractivity contribution in [3.05, 3.63) is 15.8 Å². The van der Waals surface area contributed by atoms with Gasteiger partial charge in [0.15, 0.2) is 0 Å². The van der Waals surface area contributed by atoms with Crippen LogP contribution in [0.3, 0.4) is 0 Å². The van der Waals surface area contributed by atoms with E-state index >= 15 is 0 Å². The zero-order chi connectivity index (χ0) is 15.5. The molecule has 2 rings (SSSR count). The van der Waals surface area contributed by atoms with Crippen molar-refractivity contribution in [1.29, 1.82) is 0 Å². The summed E-state index contributed by atoms with van der Waals surface area (Å²) in [5.41, 5.74) is 0. The summed E-state index contributed by atoms with van der Waals surface area (Å²) in [7, 11) is -3.37. The second-order valence-electron chi connectivity index (χ2n) is 6.05. The van der Waals surface area contributed by atoms with Crippen LogP contribution < -0.4 is 10.0 Å². The lowest BCUT2D eigenvalue weighted by Gasteiger charge is -2.12. The van der Waals surface area contributed by atoms with E-state index in [0.717, 1.165) is 48.5 Å². The molecule has 1 saturated carbocycles. The predicted octanol–water partition coefficient (Wildman–Crippen LogP) is 3.02. The minimum atomic E-state index is -3.37. The molecule has 0 amide bonds. The Labute approximate surface area is 132 Å². The summed E-state index contributed by atoms with van der Waals surface area (Å²) in [5, 5.41) is 3.32. The van der Waals surface area contributed by atoms with Gasteiger partial charge in [-0.1, -0.05) is 13.8 Å². The first-order chi connectivity index (χ1) is 9.92. The molecule has 0 aliphatic heterocycles. The zero-order valence-electron chi connectivity index (χ0n) is 13.1. The largest absolute Gasteiger partial charge is 0.312 e. The van der Waals surface area contributed by atoms with Gasteiger partial charge in [-0.2, -0.15) is 0 Å². The van der Waals surface area contributed by atoms with Crippen LogP contribution in [0.15, 0.2) is 11.0 Å².